The van der Waals surface area contributed by atoms with Crippen molar-refractivity contribution in [2.45, 2.75) is 97.9 Å². The lowest BCUT2D eigenvalue weighted by Crippen LogP contribution is -2.65. The summed E-state index contributed by atoms with van der Waals surface area (Å²) in [5.41, 5.74) is 3.73. The van der Waals surface area contributed by atoms with E-state index in [0.717, 1.165) is 12.8 Å². The third-order valence-corrected chi connectivity index (χ3v) is 11.0. The third-order valence-electron chi connectivity index (χ3n) is 11.0. The van der Waals surface area contributed by atoms with Crippen LogP contribution in [0.4, 0.5) is 0 Å². The average Bonchev–Trinajstić information content (AvgIpc) is 3.39. The number of benzene rings is 1. The van der Waals surface area contributed by atoms with E-state index in [-0.39, 0.29) is 46.6 Å². The molecule has 3 fully saturated rings. The van der Waals surface area contributed by atoms with Crippen molar-refractivity contribution in [3.63, 3.8) is 0 Å². The van der Waals surface area contributed by atoms with Gasteiger partial charge in [0.2, 0.25) is 0 Å². The number of esters is 1. The summed E-state index contributed by atoms with van der Waals surface area (Å²) in [5, 5.41) is 0. The summed E-state index contributed by atoms with van der Waals surface area (Å²) < 4.78 is 13.0. The Bertz CT molecular complexity index is 1220. The van der Waals surface area contributed by atoms with Crippen LogP contribution in [0.25, 0.3) is 0 Å². The lowest BCUT2D eigenvalue weighted by molar-refractivity contribution is -0.186. The SMILES string of the molecule is CC[C@H]1[C@]2(C)C3=C(C)[C@@H](c4ccc(C(C)(C)C)cc4)C[C@H]3O[C@@H]2[C@@H]2OC(=O)[C@]3(C)C=CC(=O)[C@@]1(C)[C@@H]23. The van der Waals surface area contributed by atoms with Crippen LogP contribution in [0, 0.1) is 28.1 Å². The second kappa shape index (κ2) is 7.22. The zero-order chi connectivity index (χ0) is 26.0. The smallest absolute Gasteiger partial charge is 0.316 e. The molecule has 0 amide bonds. The Hall–Kier alpha value is -2.20. The molecular weight excluding hydrogens is 448 g/mol. The van der Waals surface area contributed by atoms with Gasteiger partial charge < -0.3 is 9.47 Å². The van der Waals surface area contributed by atoms with Crippen molar-refractivity contribution in [2.75, 3.05) is 0 Å². The van der Waals surface area contributed by atoms with Crippen LogP contribution in [0.15, 0.2) is 47.6 Å². The summed E-state index contributed by atoms with van der Waals surface area (Å²) >= 11 is 0. The van der Waals surface area contributed by atoms with Gasteiger partial charge in [-0.25, -0.2) is 0 Å². The van der Waals surface area contributed by atoms with E-state index >= 15 is 0 Å². The highest BCUT2D eigenvalue weighted by atomic mass is 16.6. The molecule has 0 bridgehead atoms. The van der Waals surface area contributed by atoms with Crippen LogP contribution >= 0.6 is 0 Å². The summed E-state index contributed by atoms with van der Waals surface area (Å²) in [4.78, 5) is 26.9. The Morgan fingerprint density at radius 3 is 2.31 bits per heavy atom. The highest BCUT2D eigenvalue weighted by molar-refractivity contribution is 6.00. The Morgan fingerprint density at radius 1 is 1.03 bits per heavy atom. The van der Waals surface area contributed by atoms with Crippen LogP contribution < -0.4 is 0 Å². The van der Waals surface area contributed by atoms with E-state index in [0.29, 0.717) is 5.92 Å². The summed E-state index contributed by atoms with van der Waals surface area (Å²) in [6.45, 7) is 17.5. The minimum Gasteiger partial charge on any atom is -0.459 e. The molecule has 1 aromatic carbocycles. The first-order chi connectivity index (χ1) is 16.8. The number of allylic oxidation sites excluding steroid dienone is 2. The van der Waals surface area contributed by atoms with Crippen LogP contribution in [0.2, 0.25) is 0 Å². The van der Waals surface area contributed by atoms with Crippen molar-refractivity contribution in [1.29, 1.82) is 0 Å². The minimum absolute atomic E-state index is 0.00119. The molecule has 9 atom stereocenters. The number of carbonyl (C=O) groups is 2. The number of rotatable bonds is 2. The van der Waals surface area contributed by atoms with E-state index in [2.05, 4.69) is 72.7 Å². The Kier molecular flexibility index (Phi) is 4.84. The number of fused-ring (bicyclic) bond motifs is 4. The summed E-state index contributed by atoms with van der Waals surface area (Å²) in [6.07, 6.45) is 4.61. The molecule has 2 saturated heterocycles. The van der Waals surface area contributed by atoms with Gasteiger partial charge in [0, 0.05) is 22.7 Å². The van der Waals surface area contributed by atoms with E-state index in [1.165, 1.54) is 22.3 Å². The predicted molar refractivity (Wildman–Crippen MR) is 139 cm³/mol. The quantitative estimate of drug-likeness (QED) is 0.362. The van der Waals surface area contributed by atoms with Crippen molar-refractivity contribution in [3.05, 3.63) is 58.7 Å². The molecule has 0 aromatic heterocycles. The molecule has 0 spiro atoms. The topological polar surface area (TPSA) is 52.6 Å². The summed E-state index contributed by atoms with van der Waals surface area (Å²) in [5.74, 6) is 0.0970. The Morgan fingerprint density at radius 2 is 1.69 bits per heavy atom. The first kappa shape index (κ1) is 24.2. The highest BCUT2D eigenvalue weighted by Gasteiger charge is 2.77. The number of ether oxygens (including phenoxy) is 2. The first-order valence-corrected chi connectivity index (χ1v) is 13.7. The number of hydrogen-bond donors (Lipinski definition) is 0. The zero-order valence-corrected chi connectivity index (χ0v) is 23.0. The van der Waals surface area contributed by atoms with Gasteiger partial charge >= 0.3 is 5.97 Å². The van der Waals surface area contributed by atoms with Crippen molar-refractivity contribution in [1.82, 2.24) is 0 Å². The van der Waals surface area contributed by atoms with E-state index in [1.54, 1.807) is 12.2 Å². The van der Waals surface area contributed by atoms with E-state index in [4.69, 9.17) is 9.47 Å². The molecular formula is C32H40O4. The normalized spacial score (nSPS) is 45.0. The van der Waals surface area contributed by atoms with Crippen LogP contribution in [0.3, 0.4) is 0 Å². The van der Waals surface area contributed by atoms with Crippen LogP contribution in [0.5, 0.6) is 0 Å². The summed E-state index contributed by atoms with van der Waals surface area (Å²) in [6, 6.07) is 9.09. The molecule has 0 unspecified atom stereocenters. The average molecular weight is 489 g/mol. The predicted octanol–water partition coefficient (Wildman–Crippen LogP) is 6.29. The molecule has 0 radical (unpaired) electrons. The van der Waals surface area contributed by atoms with Crippen molar-refractivity contribution in [3.8, 4) is 0 Å². The van der Waals surface area contributed by atoms with Gasteiger partial charge in [0.25, 0.3) is 0 Å². The minimum atomic E-state index is -0.774. The molecule has 4 heteroatoms. The zero-order valence-electron chi connectivity index (χ0n) is 23.0. The second-order valence-corrected chi connectivity index (χ2v) is 13.7. The van der Waals surface area contributed by atoms with Gasteiger partial charge in [-0.1, -0.05) is 83.9 Å². The molecule has 3 aliphatic carbocycles. The molecule has 2 aliphatic heterocycles. The van der Waals surface area contributed by atoms with Gasteiger partial charge in [-0.15, -0.1) is 0 Å². The third kappa shape index (κ3) is 2.69. The molecule has 1 aromatic rings. The fraction of sp³-hybridized carbons (Fsp3) is 0.625. The molecule has 192 valence electrons. The monoisotopic (exact) mass is 488 g/mol. The van der Waals surface area contributed by atoms with Gasteiger partial charge in [-0.05, 0) is 54.4 Å². The van der Waals surface area contributed by atoms with Crippen molar-refractivity contribution in [2.24, 2.45) is 28.1 Å². The van der Waals surface area contributed by atoms with Crippen LogP contribution in [0.1, 0.15) is 85.3 Å². The number of ketones is 1. The fourth-order valence-corrected chi connectivity index (χ4v) is 9.32. The molecule has 36 heavy (non-hydrogen) atoms. The van der Waals surface area contributed by atoms with Gasteiger partial charge in [-0.3, -0.25) is 9.59 Å². The van der Waals surface area contributed by atoms with Gasteiger partial charge in [-0.2, -0.15) is 0 Å². The summed E-state index contributed by atoms with van der Waals surface area (Å²) in [7, 11) is 0. The highest BCUT2D eigenvalue weighted by Crippen LogP contribution is 2.71. The second-order valence-electron chi connectivity index (χ2n) is 13.7. The van der Waals surface area contributed by atoms with Crippen LogP contribution in [-0.4, -0.2) is 30.1 Å². The van der Waals surface area contributed by atoms with Crippen LogP contribution in [-0.2, 0) is 24.5 Å². The van der Waals surface area contributed by atoms with Gasteiger partial charge in [0.1, 0.15) is 12.2 Å². The van der Waals surface area contributed by atoms with E-state index in [9.17, 15) is 9.59 Å². The standard InChI is InChI=1S/C32H40O4/c1-9-22-31(7)23(33)14-15-30(6)26(31)25(36-28(30)34)27-32(22,8)24-17(2)20(16-21(24)35-27)18-10-12-19(13-11-18)29(3,4)5/h10-15,20-22,25-27H,9,16H2,1-8H3/t20-,21+,22+,25+,26-,27+,30+,31-,32+/m0/s1. The fourth-order valence-electron chi connectivity index (χ4n) is 9.32. The molecule has 5 aliphatic rings. The Balaban J connectivity index is 1.47. The van der Waals surface area contributed by atoms with Crippen molar-refractivity contribution >= 4 is 11.8 Å². The lowest BCUT2D eigenvalue weighted by atomic mass is 9.42. The van der Waals surface area contributed by atoms with Gasteiger partial charge in [0.15, 0.2) is 5.78 Å². The first-order valence-electron chi connectivity index (χ1n) is 13.7. The number of hydrogen-bond acceptors (Lipinski definition) is 4. The molecule has 6 rings (SSSR count). The molecule has 0 N–H and O–H groups in total. The maximum atomic E-state index is 13.7. The maximum absolute atomic E-state index is 13.7. The molecule has 4 nitrogen and oxygen atoms in total. The maximum Gasteiger partial charge on any atom is 0.316 e. The molecule has 2 heterocycles. The van der Waals surface area contributed by atoms with Gasteiger partial charge in [0.05, 0.1) is 11.5 Å². The van der Waals surface area contributed by atoms with E-state index < -0.39 is 16.9 Å². The Labute approximate surface area is 215 Å². The molecule has 1 saturated carbocycles. The number of carbonyl (C=O) groups excluding carboxylic acids is 2. The van der Waals surface area contributed by atoms with E-state index in [1.807, 2.05) is 6.92 Å². The largest absolute Gasteiger partial charge is 0.459 e. The van der Waals surface area contributed by atoms with Crippen molar-refractivity contribution < 1.29 is 19.1 Å². The lowest BCUT2D eigenvalue weighted by Gasteiger charge is -2.59.